The maximum Gasteiger partial charge on any atom is 0.224 e. The molecule has 2 aromatic rings. The van der Waals surface area contributed by atoms with Crippen LogP contribution in [-0.4, -0.2) is 53.4 Å². The van der Waals surface area contributed by atoms with E-state index in [1.165, 1.54) is 37.7 Å². The zero-order valence-electron chi connectivity index (χ0n) is 17.7. The van der Waals surface area contributed by atoms with Crippen LogP contribution in [0.25, 0.3) is 10.9 Å². The Hall–Kier alpha value is -1.99. The van der Waals surface area contributed by atoms with Crippen LogP contribution >= 0.6 is 0 Å². The molecular weight excluding hydrogens is 378 g/mol. The summed E-state index contributed by atoms with van der Waals surface area (Å²) in [7, 11) is 0. The van der Waals surface area contributed by atoms with Crippen LogP contribution in [0.1, 0.15) is 69.3 Å². The number of fused-ring (bicyclic) bond motifs is 1. The number of ether oxygens (including phenoxy) is 2. The first kappa shape index (κ1) is 19.9. The Kier molecular flexibility index (Phi) is 6.27. The molecule has 2 aromatic heterocycles. The summed E-state index contributed by atoms with van der Waals surface area (Å²) in [5, 5.41) is 7.83. The molecule has 0 spiro atoms. The molecule has 2 N–H and O–H groups in total. The minimum Gasteiger partial charge on any atom is -0.474 e. The van der Waals surface area contributed by atoms with Crippen molar-refractivity contribution < 1.29 is 9.47 Å². The Bertz CT molecular complexity index is 843. The predicted molar refractivity (Wildman–Crippen MR) is 117 cm³/mol. The van der Waals surface area contributed by atoms with Gasteiger partial charge in [-0.25, -0.2) is 15.0 Å². The summed E-state index contributed by atoms with van der Waals surface area (Å²) in [5.41, 5.74) is 2.27. The molecule has 30 heavy (non-hydrogen) atoms. The lowest BCUT2D eigenvalue weighted by atomic mass is 9.84. The van der Waals surface area contributed by atoms with Crippen LogP contribution in [0.15, 0.2) is 12.4 Å². The fourth-order valence-corrected chi connectivity index (χ4v) is 5.00. The van der Waals surface area contributed by atoms with E-state index in [-0.39, 0.29) is 12.1 Å². The second-order valence-electron chi connectivity index (χ2n) is 8.94. The molecule has 4 heterocycles. The zero-order valence-corrected chi connectivity index (χ0v) is 17.7. The van der Waals surface area contributed by atoms with E-state index in [1.54, 1.807) is 0 Å². The molecule has 0 bridgehead atoms. The summed E-state index contributed by atoms with van der Waals surface area (Å²) in [6.07, 6.45) is 14.7. The topological polar surface area (TPSA) is 81.2 Å². The Balaban J connectivity index is 1.47. The summed E-state index contributed by atoms with van der Waals surface area (Å²) in [6.45, 7) is 3.57. The minimum atomic E-state index is 0.208. The normalized spacial score (nSPS) is 24.1. The van der Waals surface area contributed by atoms with Gasteiger partial charge >= 0.3 is 0 Å². The lowest BCUT2D eigenvalue weighted by Crippen LogP contribution is -2.34. The Morgan fingerprint density at radius 1 is 0.967 bits per heavy atom. The first-order chi connectivity index (χ1) is 14.9. The quantitative estimate of drug-likeness (QED) is 0.774. The first-order valence-corrected chi connectivity index (χ1v) is 11.7. The monoisotopic (exact) mass is 411 g/mol. The third-order valence-electron chi connectivity index (χ3n) is 6.72. The van der Waals surface area contributed by atoms with Crippen molar-refractivity contribution in [2.75, 3.05) is 31.6 Å². The van der Waals surface area contributed by atoms with Gasteiger partial charge < -0.3 is 20.1 Å². The number of anilines is 1. The van der Waals surface area contributed by atoms with E-state index in [1.807, 2.05) is 12.4 Å². The van der Waals surface area contributed by atoms with E-state index >= 15 is 0 Å². The van der Waals surface area contributed by atoms with Crippen molar-refractivity contribution in [1.29, 1.82) is 0 Å². The van der Waals surface area contributed by atoms with Gasteiger partial charge in [-0.3, -0.25) is 0 Å². The van der Waals surface area contributed by atoms with Crippen LogP contribution in [-0.2, 0) is 4.74 Å². The zero-order chi connectivity index (χ0) is 20.2. The summed E-state index contributed by atoms with van der Waals surface area (Å²) < 4.78 is 11.9. The summed E-state index contributed by atoms with van der Waals surface area (Å²) in [5.74, 6) is 1.90. The molecule has 3 fully saturated rings. The van der Waals surface area contributed by atoms with Crippen LogP contribution in [0.3, 0.4) is 0 Å². The Morgan fingerprint density at radius 2 is 1.83 bits per heavy atom. The number of piperidine rings is 1. The van der Waals surface area contributed by atoms with Gasteiger partial charge in [0.05, 0.1) is 23.6 Å². The van der Waals surface area contributed by atoms with E-state index in [0.29, 0.717) is 17.7 Å². The number of hydrogen-bond acceptors (Lipinski definition) is 7. The molecule has 7 nitrogen and oxygen atoms in total. The van der Waals surface area contributed by atoms with Crippen LogP contribution in [0, 0.1) is 0 Å². The second-order valence-corrected chi connectivity index (χ2v) is 8.94. The third-order valence-corrected chi connectivity index (χ3v) is 6.72. The van der Waals surface area contributed by atoms with E-state index in [9.17, 15) is 0 Å². The molecule has 5 rings (SSSR count). The van der Waals surface area contributed by atoms with Crippen molar-refractivity contribution in [3.05, 3.63) is 18.0 Å². The minimum absolute atomic E-state index is 0.208. The van der Waals surface area contributed by atoms with E-state index < -0.39 is 0 Å². The molecule has 0 unspecified atom stereocenters. The molecule has 0 amide bonds. The molecule has 1 aliphatic carbocycles. The van der Waals surface area contributed by atoms with E-state index in [2.05, 4.69) is 15.6 Å². The lowest BCUT2D eigenvalue weighted by molar-refractivity contribution is 0.0874. The SMILES string of the molecule is c1nc(OC2CCNCC2)c2cnc(N[C@@H]3CCCOC3)nc2c1C1CCCCC1. The van der Waals surface area contributed by atoms with Gasteiger partial charge in [-0.15, -0.1) is 0 Å². The summed E-state index contributed by atoms with van der Waals surface area (Å²) in [6, 6.07) is 0.279. The summed E-state index contributed by atoms with van der Waals surface area (Å²) in [4.78, 5) is 14.4. The van der Waals surface area contributed by atoms with E-state index in [4.69, 9.17) is 19.4 Å². The Labute approximate surface area is 178 Å². The molecule has 3 aliphatic rings. The fourth-order valence-electron chi connectivity index (χ4n) is 5.00. The van der Waals surface area contributed by atoms with Gasteiger partial charge in [-0.2, -0.15) is 0 Å². The first-order valence-electron chi connectivity index (χ1n) is 11.7. The largest absolute Gasteiger partial charge is 0.474 e. The van der Waals surface area contributed by atoms with Crippen LogP contribution < -0.4 is 15.4 Å². The van der Waals surface area contributed by atoms with Crippen LogP contribution in [0.5, 0.6) is 5.88 Å². The molecule has 0 aromatic carbocycles. The molecule has 2 saturated heterocycles. The molecule has 7 heteroatoms. The molecule has 162 valence electrons. The maximum atomic E-state index is 6.33. The highest BCUT2D eigenvalue weighted by Gasteiger charge is 2.24. The highest BCUT2D eigenvalue weighted by molar-refractivity contribution is 5.86. The average molecular weight is 412 g/mol. The van der Waals surface area contributed by atoms with E-state index in [0.717, 1.165) is 62.9 Å². The van der Waals surface area contributed by atoms with Crippen molar-refractivity contribution in [3.8, 4) is 5.88 Å². The molecule has 1 saturated carbocycles. The predicted octanol–water partition coefficient (Wildman–Crippen LogP) is 3.79. The standard InChI is InChI=1S/C23H33N5O2/c1-2-5-16(6-3-1)19-13-25-22(30-18-8-10-24-11-9-18)20-14-26-23(28-21(19)20)27-17-7-4-12-29-15-17/h13-14,16-18,24H,1-12,15H2,(H,26,27,28)/t17-/m1/s1. The molecule has 0 radical (unpaired) electrons. The van der Waals surface area contributed by atoms with Gasteiger partial charge in [-0.05, 0) is 57.5 Å². The van der Waals surface area contributed by atoms with Gasteiger partial charge in [0, 0.05) is 24.6 Å². The molecule has 2 aliphatic heterocycles. The van der Waals surface area contributed by atoms with Crippen molar-refractivity contribution in [2.24, 2.45) is 0 Å². The average Bonchev–Trinajstić information content (AvgIpc) is 2.81. The van der Waals surface area contributed by atoms with Gasteiger partial charge in [0.15, 0.2) is 0 Å². The highest BCUT2D eigenvalue weighted by atomic mass is 16.5. The number of aromatic nitrogens is 3. The van der Waals surface area contributed by atoms with Crippen molar-refractivity contribution >= 4 is 16.9 Å². The fraction of sp³-hybridized carbons (Fsp3) is 0.696. The maximum absolute atomic E-state index is 6.33. The number of pyridine rings is 1. The summed E-state index contributed by atoms with van der Waals surface area (Å²) >= 11 is 0. The van der Waals surface area contributed by atoms with Gasteiger partial charge in [0.2, 0.25) is 11.8 Å². The number of nitrogens with one attached hydrogen (secondary N) is 2. The molecular formula is C23H33N5O2. The molecule has 1 atom stereocenters. The second kappa shape index (κ2) is 9.43. The van der Waals surface area contributed by atoms with Crippen molar-refractivity contribution in [3.63, 3.8) is 0 Å². The van der Waals surface area contributed by atoms with Gasteiger partial charge in [-0.1, -0.05) is 19.3 Å². The smallest absolute Gasteiger partial charge is 0.224 e. The van der Waals surface area contributed by atoms with Crippen LogP contribution in [0.4, 0.5) is 5.95 Å². The Morgan fingerprint density at radius 3 is 2.63 bits per heavy atom. The number of rotatable bonds is 5. The van der Waals surface area contributed by atoms with Gasteiger partial charge in [0.1, 0.15) is 6.10 Å². The van der Waals surface area contributed by atoms with Crippen LogP contribution in [0.2, 0.25) is 0 Å². The van der Waals surface area contributed by atoms with Crippen molar-refractivity contribution in [2.45, 2.75) is 75.9 Å². The highest BCUT2D eigenvalue weighted by Crippen LogP contribution is 2.37. The number of nitrogens with zero attached hydrogens (tertiary/aromatic N) is 3. The van der Waals surface area contributed by atoms with Crippen molar-refractivity contribution in [1.82, 2.24) is 20.3 Å². The lowest BCUT2D eigenvalue weighted by Gasteiger charge is -2.26. The third kappa shape index (κ3) is 4.52. The number of hydrogen-bond donors (Lipinski definition) is 2. The van der Waals surface area contributed by atoms with Gasteiger partial charge in [0.25, 0.3) is 0 Å².